The summed E-state index contributed by atoms with van der Waals surface area (Å²) < 4.78 is 10.7. The molecule has 4 nitrogen and oxygen atoms in total. The van der Waals surface area contributed by atoms with Crippen molar-refractivity contribution in [3.8, 4) is 22.6 Å². The lowest BCUT2D eigenvalue weighted by atomic mass is 10.0. The van der Waals surface area contributed by atoms with Crippen LogP contribution in [0.25, 0.3) is 11.1 Å². The van der Waals surface area contributed by atoms with E-state index >= 15 is 0 Å². The van der Waals surface area contributed by atoms with Crippen molar-refractivity contribution in [2.45, 2.75) is 26.4 Å². The van der Waals surface area contributed by atoms with Crippen molar-refractivity contribution in [3.63, 3.8) is 0 Å². The SMILES string of the molecule is COc1cncc(-c2ccc(OC)c(CNC(C)C)c2)c1. The van der Waals surface area contributed by atoms with Crippen molar-refractivity contribution in [2.75, 3.05) is 14.2 Å². The third kappa shape index (κ3) is 3.95. The Kier molecular flexibility index (Phi) is 5.17. The Labute approximate surface area is 126 Å². The summed E-state index contributed by atoms with van der Waals surface area (Å²) in [6.07, 6.45) is 3.54. The molecule has 1 heterocycles. The Morgan fingerprint density at radius 2 is 1.86 bits per heavy atom. The zero-order valence-corrected chi connectivity index (χ0v) is 13.0. The molecule has 1 N–H and O–H groups in total. The second-order valence-corrected chi connectivity index (χ2v) is 5.18. The molecule has 0 aliphatic heterocycles. The topological polar surface area (TPSA) is 43.4 Å². The maximum atomic E-state index is 5.43. The van der Waals surface area contributed by atoms with Gasteiger partial charge in [-0.05, 0) is 23.8 Å². The first-order chi connectivity index (χ1) is 10.1. The number of aromatic nitrogens is 1. The highest BCUT2D eigenvalue weighted by Gasteiger charge is 2.07. The van der Waals surface area contributed by atoms with Gasteiger partial charge in [-0.15, -0.1) is 0 Å². The molecular weight excluding hydrogens is 264 g/mol. The smallest absolute Gasteiger partial charge is 0.137 e. The summed E-state index contributed by atoms with van der Waals surface area (Å²) in [4.78, 5) is 4.21. The van der Waals surface area contributed by atoms with E-state index in [1.165, 1.54) is 0 Å². The zero-order valence-electron chi connectivity index (χ0n) is 13.0. The summed E-state index contributed by atoms with van der Waals surface area (Å²) in [5.41, 5.74) is 3.26. The van der Waals surface area contributed by atoms with Crippen molar-refractivity contribution in [3.05, 3.63) is 42.2 Å². The van der Waals surface area contributed by atoms with Crippen LogP contribution in [-0.2, 0) is 6.54 Å². The maximum Gasteiger partial charge on any atom is 0.137 e. The van der Waals surface area contributed by atoms with Gasteiger partial charge in [0.25, 0.3) is 0 Å². The van der Waals surface area contributed by atoms with Crippen molar-refractivity contribution in [2.24, 2.45) is 0 Å². The van der Waals surface area contributed by atoms with Crippen molar-refractivity contribution >= 4 is 0 Å². The van der Waals surface area contributed by atoms with Gasteiger partial charge in [0.15, 0.2) is 0 Å². The van der Waals surface area contributed by atoms with Crippen LogP contribution in [0.3, 0.4) is 0 Å². The third-order valence-corrected chi connectivity index (χ3v) is 3.26. The summed E-state index contributed by atoms with van der Waals surface area (Å²) >= 11 is 0. The molecule has 0 aliphatic rings. The number of ether oxygens (including phenoxy) is 2. The van der Waals surface area contributed by atoms with Crippen LogP contribution >= 0.6 is 0 Å². The van der Waals surface area contributed by atoms with Gasteiger partial charge in [-0.3, -0.25) is 4.98 Å². The summed E-state index contributed by atoms with van der Waals surface area (Å²) in [6, 6.07) is 8.57. The summed E-state index contributed by atoms with van der Waals surface area (Å²) in [5, 5.41) is 3.42. The van der Waals surface area contributed by atoms with E-state index in [1.807, 2.05) is 24.4 Å². The van der Waals surface area contributed by atoms with Crippen LogP contribution in [0.4, 0.5) is 0 Å². The number of rotatable bonds is 6. The Morgan fingerprint density at radius 1 is 1.05 bits per heavy atom. The van der Waals surface area contributed by atoms with Gasteiger partial charge in [0.05, 0.1) is 20.4 Å². The lowest BCUT2D eigenvalue weighted by molar-refractivity contribution is 0.406. The molecule has 2 aromatic rings. The lowest BCUT2D eigenvalue weighted by Gasteiger charge is -2.14. The predicted octanol–water partition coefficient (Wildman–Crippen LogP) is 3.26. The molecule has 0 unspecified atom stereocenters. The van der Waals surface area contributed by atoms with Crippen LogP contribution in [0.15, 0.2) is 36.7 Å². The largest absolute Gasteiger partial charge is 0.496 e. The quantitative estimate of drug-likeness (QED) is 0.885. The Morgan fingerprint density at radius 3 is 2.52 bits per heavy atom. The normalized spacial score (nSPS) is 10.7. The molecular formula is C17H22N2O2. The van der Waals surface area contributed by atoms with E-state index in [2.05, 4.69) is 30.2 Å². The minimum Gasteiger partial charge on any atom is -0.496 e. The molecule has 0 amide bonds. The average Bonchev–Trinajstić information content (AvgIpc) is 2.52. The molecule has 0 aliphatic carbocycles. The van der Waals surface area contributed by atoms with Crippen molar-refractivity contribution in [1.29, 1.82) is 0 Å². The Balaban J connectivity index is 2.33. The zero-order chi connectivity index (χ0) is 15.2. The highest BCUT2D eigenvalue weighted by molar-refractivity contribution is 5.66. The highest BCUT2D eigenvalue weighted by atomic mass is 16.5. The fraction of sp³-hybridized carbons (Fsp3) is 0.353. The summed E-state index contributed by atoms with van der Waals surface area (Å²) in [5.74, 6) is 1.65. The number of pyridine rings is 1. The number of benzene rings is 1. The summed E-state index contributed by atoms with van der Waals surface area (Å²) in [6.45, 7) is 5.02. The van der Waals surface area contributed by atoms with Crippen LogP contribution in [-0.4, -0.2) is 25.2 Å². The standard InChI is InChI=1S/C17H22N2O2/c1-12(2)19-10-15-7-13(5-6-17(15)21-4)14-8-16(20-3)11-18-9-14/h5-9,11-12,19H,10H2,1-4H3. The molecule has 112 valence electrons. The van der Waals surface area contributed by atoms with Gasteiger partial charge in [-0.2, -0.15) is 0 Å². The fourth-order valence-electron chi connectivity index (χ4n) is 2.10. The Bertz CT molecular complexity index is 597. The van der Waals surface area contributed by atoms with Gasteiger partial charge in [-0.25, -0.2) is 0 Å². The molecule has 1 aromatic heterocycles. The van der Waals surface area contributed by atoms with Crippen LogP contribution in [0.1, 0.15) is 19.4 Å². The van der Waals surface area contributed by atoms with E-state index in [0.717, 1.165) is 34.7 Å². The molecule has 0 spiro atoms. The first kappa shape index (κ1) is 15.3. The number of methoxy groups -OCH3 is 2. The molecule has 0 radical (unpaired) electrons. The van der Waals surface area contributed by atoms with E-state index in [4.69, 9.17) is 9.47 Å². The van der Waals surface area contributed by atoms with Gasteiger partial charge in [-0.1, -0.05) is 19.9 Å². The van der Waals surface area contributed by atoms with E-state index in [0.29, 0.717) is 6.04 Å². The fourth-order valence-corrected chi connectivity index (χ4v) is 2.10. The van der Waals surface area contributed by atoms with Gasteiger partial charge in [0.2, 0.25) is 0 Å². The van der Waals surface area contributed by atoms with Crippen LogP contribution < -0.4 is 14.8 Å². The predicted molar refractivity (Wildman–Crippen MR) is 84.8 cm³/mol. The number of hydrogen-bond acceptors (Lipinski definition) is 4. The molecule has 0 fully saturated rings. The molecule has 4 heteroatoms. The molecule has 2 rings (SSSR count). The first-order valence-corrected chi connectivity index (χ1v) is 7.03. The highest BCUT2D eigenvalue weighted by Crippen LogP contribution is 2.28. The van der Waals surface area contributed by atoms with Crippen LogP contribution in [0.5, 0.6) is 11.5 Å². The average molecular weight is 286 g/mol. The van der Waals surface area contributed by atoms with Crippen molar-refractivity contribution in [1.82, 2.24) is 10.3 Å². The van der Waals surface area contributed by atoms with Gasteiger partial charge < -0.3 is 14.8 Å². The number of hydrogen-bond donors (Lipinski definition) is 1. The third-order valence-electron chi connectivity index (χ3n) is 3.26. The molecule has 21 heavy (non-hydrogen) atoms. The van der Waals surface area contributed by atoms with Gasteiger partial charge in [0, 0.05) is 29.9 Å². The number of nitrogens with zero attached hydrogens (tertiary/aromatic N) is 1. The minimum absolute atomic E-state index is 0.428. The second kappa shape index (κ2) is 7.09. The van der Waals surface area contributed by atoms with E-state index in [-0.39, 0.29) is 0 Å². The lowest BCUT2D eigenvalue weighted by Crippen LogP contribution is -2.22. The summed E-state index contributed by atoms with van der Waals surface area (Å²) in [7, 11) is 3.34. The number of nitrogens with one attached hydrogen (secondary N) is 1. The minimum atomic E-state index is 0.428. The molecule has 0 saturated carbocycles. The van der Waals surface area contributed by atoms with Crippen LogP contribution in [0.2, 0.25) is 0 Å². The monoisotopic (exact) mass is 286 g/mol. The van der Waals surface area contributed by atoms with Gasteiger partial charge >= 0.3 is 0 Å². The van der Waals surface area contributed by atoms with Gasteiger partial charge in [0.1, 0.15) is 11.5 Å². The van der Waals surface area contributed by atoms with E-state index < -0.39 is 0 Å². The molecule has 0 atom stereocenters. The second-order valence-electron chi connectivity index (χ2n) is 5.18. The Hall–Kier alpha value is -2.07. The molecule has 0 bridgehead atoms. The van der Waals surface area contributed by atoms with E-state index in [9.17, 15) is 0 Å². The first-order valence-electron chi connectivity index (χ1n) is 7.03. The van der Waals surface area contributed by atoms with Crippen LogP contribution in [0, 0.1) is 0 Å². The molecule has 0 saturated heterocycles. The van der Waals surface area contributed by atoms with E-state index in [1.54, 1.807) is 20.4 Å². The maximum absolute atomic E-state index is 5.43. The van der Waals surface area contributed by atoms with Crippen molar-refractivity contribution < 1.29 is 9.47 Å². The molecule has 1 aromatic carbocycles.